The van der Waals surface area contributed by atoms with E-state index in [9.17, 15) is 9.59 Å². The first kappa shape index (κ1) is 14.6. The smallest absolute Gasteiger partial charge is 0.238 e. The molecule has 3 nitrogen and oxygen atoms in total. The first-order valence-electron chi connectivity index (χ1n) is 6.92. The van der Waals surface area contributed by atoms with Crippen molar-refractivity contribution in [2.45, 2.75) is 16.1 Å². The number of anilines is 1. The van der Waals surface area contributed by atoms with Crippen LogP contribution in [0.4, 0.5) is 5.69 Å². The zero-order valence-electron chi connectivity index (χ0n) is 10.9. The van der Waals surface area contributed by atoms with Gasteiger partial charge >= 0.3 is 0 Å². The molecule has 1 aliphatic heterocycles. The van der Waals surface area contributed by atoms with E-state index in [1.807, 2.05) is 24.3 Å². The molecule has 0 radical (unpaired) electrons. The average Bonchev–Trinajstić information content (AvgIpc) is 3.06. The van der Waals surface area contributed by atoms with Crippen molar-refractivity contribution in [3.05, 3.63) is 27.8 Å². The molecule has 2 amide bonds. The summed E-state index contributed by atoms with van der Waals surface area (Å²) >= 11 is 9.62. The number of hydrogen-bond acceptors (Lipinski definition) is 2. The maximum atomic E-state index is 12.8. The minimum absolute atomic E-state index is 0.0115. The highest BCUT2D eigenvalue weighted by atomic mass is 127. The number of halogens is 3. The van der Waals surface area contributed by atoms with Crippen LogP contribution in [0.3, 0.4) is 0 Å². The summed E-state index contributed by atoms with van der Waals surface area (Å²) in [6, 6.07) is 7.58. The molecule has 1 saturated heterocycles. The monoisotopic (exact) mass is 523 g/mol. The van der Waals surface area contributed by atoms with E-state index in [1.165, 1.54) is 4.90 Å². The average molecular weight is 525 g/mol. The van der Waals surface area contributed by atoms with Crippen molar-refractivity contribution in [3.63, 3.8) is 0 Å². The van der Waals surface area contributed by atoms with Gasteiger partial charge in [0, 0.05) is 13.2 Å². The van der Waals surface area contributed by atoms with E-state index in [0.717, 1.165) is 9.99 Å². The van der Waals surface area contributed by atoms with Gasteiger partial charge in [-0.15, -0.1) is 0 Å². The van der Waals surface area contributed by atoms with Gasteiger partial charge in [-0.2, -0.15) is 0 Å². The molecule has 2 saturated carbocycles. The summed E-state index contributed by atoms with van der Waals surface area (Å²) in [7, 11) is 0. The van der Waals surface area contributed by atoms with Gasteiger partial charge in [0.15, 0.2) is 0 Å². The van der Waals surface area contributed by atoms with E-state index in [0.29, 0.717) is 5.69 Å². The zero-order chi connectivity index (χ0) is 14.9. The Hall–Kier alpha value is 0.0500. The normalized spacial score (nSPS) is 41.0. The van der Waals surface area contributed by atoms with Crippen molar-refractivity contribution in [2.75, 3.05) is 4.90 Å². The van der Waals surface area contributed by atoms with Crippen molar-refractivity contribution in [2.24, 2.45) is 23.7 Å². The predicted octanol–water partition coefficient (Wildman–Crippen LogP) is 3.57. The van der Waals surface area contributed by atoms with Crippen molar-refractivity contribution in [3.8, 4) is 0 Å². The topological polar surface area (TPSA) is 37.4 Å². The van der Waals surface area contributed by atoms with Gasteiger partial charge in [0.25, 0.3) is 0 Å². The maximum Gasteiger partial charge on any atom is 0.238 e. The Morgan fingerprint density at radius 3 is 1.90 bits per heavy atom. The third-order valence-electron chi connectivity index (χ3n) is 5.07. The molecule has 110 valence electrons. The largest absolute Gasteiger partial charge is 0.274 e. The molecule has 4 rings (SSSR count). The minimum Gasteiger partial charge on any atom is -0.274 e. The molecular weight excluding hydrogens is 513 g/mol. The lowest BCUT2D eigenvalue weighted by molar-refractivity contribution is -0.123. The Bertz CT molecular complexity index is 603. The third kappa shape index (κ3) is 1.94. The minimum atomic E-state index is -0.139. The van der Waals surface area contributed by atoms with Crippen LogP contribution in [0.2, 0.25) is 0 Å². The number of rotatable bonds is 1. The number of nitrogens with zero attached hydrogens (tertiary/aromatic N) is 1. The Morgan fingerprint density at radius 1 is 0.952 bits per heavy atom. The second-order valence-electron chi connectivity index (χ2n) is 5.99. The number of imide groups is 1. The number of carbonyl (C=O) groups is 2. The summed E-state index contributed by atoms with van der Waals surface area (Å²) in [5.74, 6) is 0.245. The highest BCUT2D eigenvalue weighted by Gasteiger charge is 2.66. The summed E-state index contributed by atoms with van der Waals surface area (Å²) in [5, 5.41) is 0. The molecule has 6 atom stereocenters. The lowest BCUT2D eigenvalue weighted by Crippen LogP contribution is -2.37. The second kappa shape index (κ2) is 5.03. The van der Waals surface area contributed by atoms with E-state index >= 15 is 0 Å². The molecule has 21 heavy (non-hydrogen) atoms. The van der Waals surface area contributed by atoms with Gasteiger partial charge in [-0.25, -0.2) is 0 Å². The first-order chi connectivity index (χ1) is 10.0. The SMILES string of the molecule is O=C1[C@@H]2[C@H]3C[C@@H]([C@H](Br)[C@H]3Br)[C@@H]2C(=O)N1c1ccc(I)cc1. The summed E-state index contributed by atoms with van der Waals surface area (Å²) in [4.78, 5) is 27.6. The van der Waals surface area contributed by atoms with Gasteiger partial charge in [0.05, 0.1) is 17.5 Å². The molecule has 2 aliphatic carbocycles. The van der Waals surface area contributed by atoms with Crippen LogP contribution in [0.5, 0.6) is 0 Å². The van der Waals surface area contributed by atoms with Gasteiger partial charge in [0.1, 0.15) is 0 Å². The van der Waals surface area contributed by atoms with Crippen molar-refractivity contribution in [1.29, 1.82) is 0 Å². The molecule has 1 heterocycles. The predicted molar refractivity (Wildman–Crippen MR) is 95.7 cm³/mol. The van der Waals surface area contributed by atoms with Gasteiger partial charge < -0.3 is 0 Å². The number of hydrogen-bond donors (Lipinski definition) is 0. The van der Waals surface area contributed by atoms with Crippen LogP contribution in [0.25, 0.3) is 0 Å². The summed E-state index contributed by atoms with van der Waals surface area (Å²) < 4.78 is 1.09. The Labute approximate surface area is 153 Å². The molecule has 0 N–H and O–H groups in total. The molecule has 0 aromatic heterocycles. The summed E-state index contributed by atoms with van der Waals surface area (Å²) in [6.45, 7) is 0. The molecule has 0 unspecified atom stereocenters. The third-order valence-corrected chi connectivity index (χ3v) is 9.00. The van der Waals surface area contributed by atoms with Crippen LogP contribution >= 0.6 is 54.5 Å². The van der Waals surface area contributed by atoms with Crippen molar-refractivity contribution >= 4 is 72.0 Å². The molecule has 1 aromatic rings. The molecule has 1 aromatic carbocycles. The fourth-order valence-corrected chi connectivity index (χ4v) is 6.43. The summed E-state index contributed by atoms with van der Waals surface area (Å²) in [6.07, 6.45) is 0.971. The molecular formula is C15H12Br2INO2. The number of alkyl halides is 2. The Balaban J connectivity index is 1.73. The van der Waals surface area contributed by atoms with Crippen LogP contribution in [0, 0.1) is 27.2 Å². The van der Waals surface area contributed by atoms with Gasteiger partial charge in [-0.05, 0) is 65.1 Å². The molecule has 0 spiro atoms. The van der Waals surface area contributed by atoms with Crippen molar-refractivity contribution in [1.82, 2.24) is 0 Å². The van der Waals surface area contributed by atoms with E-state index < -0.39 is 0 Å². The molecule has 2 bridgehead atoms. The van der Waals surface area contributed by atoms with Crippen molar-refractivity contribution < 1.29 is 9.59 Å². The molecule has 3 fully saturated rings. The molecule has 3 aliphatic rings. The standard InChI is InChI=1S/C15H12Br2INO2/c16-12-8-5-9(13(12)17)11-10(8)14(20)19(15(11)21)7-3-1-6(18)2-4-7/h1-4,8-13H,5H2/t8-,9-,10-,11+,12+,13+/m1/s1. The Morgan fingerprint density at radius 2 is 1.43 bits per heavy atom. The zero-order valence-corrected chi connectivity index (χ0v) is 16.2. The van der Waals surface area contributed by atoms with Gasteiger partial charge in [0.2, 0.25) is 11.8 Å². The fourth-order valence-electron chi connectivity index (χ4n) is 4.19. The van der Waals surface area contributed by atoms with Crippen LogP contribution in [0.15, 0.2) is 24.3 Å². The lowest BCUT2D eigenvalue weighted by Gasteiger charge is -2.28. The number of fused-ring (bicyclic) bond motifs is 5. The highest BCUT2D eigenvalue weighted by Crippen LogP contribution is 2.60. The van der Waals surface area contributed by atoms with Crippen LogP contribution in [-0.2, 0) is 9.59 Å². The summed E-state index contributed by atoms with van der Waals surface area (Å²) in [5.41, 5.74) is 0.705. The first-order valence-corrected chi connectivity index (χ1v) is 9.83. The van der Waals surface area contributed by atoms with Gasteiger partial charge in [-0.3, -0.25) is 14.5 Å². The number of benzene rings is 1. The van der Waals surface area contributed by atoms with E-state index in [1.54, 1.807) is 0 Å². The quantitative estimate of drug-likeness (QED) is 0.320. The highest BCUT2D eigenvalue weighted by molar-refractivity contribution is 14.1. The lowest BCUT2D eigenvalue weighted by atomic mass is 9.81. The Kier molecular flexibility index (Phi) is 3.50. The second-order valence-corrected chi connectivity index (χ2v) is 9.35. The number of amides is 2. The van der Waals surface area contributed by atoms with Crippen LogP contribution < -0.4 is 4.90 Å². The molecule has 6 heteroatoms. The van der Waals surface area contributed by atoms with Crippen LogP contribution in [0.1, 0.15) is 6.42 Å². The maximum absolute atomic E-state index is 12.8. The van der Waals surface area contributed by atoms with Crippen LogP contribution in [-0.4, -0.2) is 21.5 Å². The van der Waals surface area contributed by atoms with E-state index in [4.69, 9.17) is 0 Å². The van der Waals surface area contributed by atoms with E-state index in [-0.39, 0.29) is 45.1 Å². The van der Waals surface area contributed by atoms with Gasteiger partial charge in [-0.1, -0.05) is 31.9 Å². The van der Waals surface area contributed by atoms with E-state index in [2.05, 4.69) is 54.5 Å². The fraction of sp³-hybridized carbons (Fsp3) is 0.467. The number of carbonyl (C=O) groups excluding carboxylic acids is 2.